The van der Waals surface area contributed by atoms with Crippen LogP contribution in [0.2, 0.25) is 0 Å². The van der Waals surface area contributed by atoms with Gasteiger partial charge in [-0.25, -0.2) is 0 Å². The van der Waals surface area contributed by atoms with Gasteiger partial charge in [-0.3, -0.25) is 14.9 Å². The molecule has 0 aliphatic carbocycles. The standard InChI is InChI=1S/C20H19BrN4O2S/c1-12-10-13(21)2-5-17(12)24-6-8-25(9-7-24)20(28)22-14-3-4-15-16(11-14)19(27)23-18(15)26/h2-5,10-11H,6-9H2,1H3,(H,22,28)(H,23,26,27). The minimum atomic E-state index is -0.368. The maximum absolute atomic E-state index is 11.8. The van der Waals surface area contributed by atoms with Crippen molar-refractivity contribution in [3.8, 4) is 0 Å². The number of hydrogen-bond donors (Lipinski definition) is 2. The number of imide groups is 1. The molecule has 1 fully saturated rings. The fraction of sp³-hybridized carbons (Fsp3) is 0.250. The first-order valence-corrected chi connectivity index (χ1v) is 10.2. The lowest BCUT2D eigenvalue weighted by molar-refractivity contribution is 0.0879. The first kappa shape index (κ1) is 18.9. The molecule has 2 aromatic rings. The third kappa shape index (κ3) is 3.62. The first-order valence-electron chi connectivity index (χ1n) is 8.99. The van der Waals surface area contributed by atoms with Crippen molar-refractivity contribution < 1.29 is 9.59 Å². The lowest BCUT2D eigenvalue weighted by Crippen LogP contribution is -2.50. The number of piperazine rings is 1. The van der Waals surface area contributed by atoms with Crippen LogP contribution in [0.15, 0.2) is 40.9 Å². The van der Waals surface area contributed by atoms with Gasteiger partial charge in [-0.05, 0) is 61.1 Å². The number of fused-ring (bicyclic) bond motifs is 1. The lowest BCUT2D eigenvalue weighted by atomic mass is 10.1. The van der Waals surface area contributed by atoms with Crippen LogP contribution in [0, 0.1) is 6.92 Å². The average molecular weight is 459 g/mol. The molecule has 2 N–H and O–H groups in total. The van der Waals surface area contributed by atoms with Gasteiger partial charge in [0.05, 0.1) is 11.1 Å². The zero-order chi connectivity index (χ0) is 19.8. The molecule has 0 spiro atoms. The second-order valence-electron chi connectivity index (χ2n) is 6.88. The van der Waals surface area contributed by atoms with E-state index in [4.69, 9.17) is 12.2 Å². The van der Waals surface area contributed by atoms with E-state index in [1.807, 2.05) is 0 Å². The van der Waals surface area contributed by atoms with Gasteiger partial charge in [-0.2, -0.15) is 0 Å². The largest absolute Gasteiger partial charge is 0.368 e. The quantitative estimate of drug-likeness (QED) is 0.532. The summed E-state index contributed by atoms with van der Waals surface area (Å²) in [6.45, 7) is 5.50. The van der Waals surface area contributed by atoms with Crippen molar-refractivity contribution in [3.63, 3.8) is 0 Å². The molecule has 0 saturated carbocycles. The van der Waals surface area contributed by atoms with Gasteiger partial charge >= 0.3 is 0 Å². The maximum atomic E-state index is 11.8. The molecule has 0 unspecified atom stereocenters. The molecular formula is C20H19BrN4O2S. The molecule has 1 saturated heterocycles. The smallest absolute Gasteiger partial charge is 0.259 e. The molecule has 2 aliphatic heterocycles. The van der Waals surface area contributed by atoms with Crippen molar-refractivity contribution in [2.45, 2.75) is 6.92 Å². The lowest BCUT2D eigenvalue weighted by Gasteiger charge is -2.38. The topological polar surface area (TPSA) is 64.7 Å². The highest BCUT2D eigenvalue weighted by molar-refractivity contribution is 9.10. The Labute approximate surface area is 177 Å². The van der Waals surface area contributed by atoms with Gasteiger partial charge in [0.1, 0.15) is 0 Å². The van der Waals surface area contributed by atoms with Crippen LogP contribution in [-0.2, 0) is 0 Å². The van der Waals surface area contributed by atoms with Crippen molar-refractivity contribution in [1.82, 2.24) is 10.2 Å². The fourth-order valence-electron chi connectivity index (χ4n) is 3.57. The fourth-order valence-corrected chi connectivity index (χ4v) is 4.35. The van der Waals surface area contributed by atoms with Gasteiger partial charge in [-0.15, -0.1) is 0 Å². The van der Waals surface area contributed by atoms with Crippen LogP contribution in [-0.4, -0.2) is 48.0 Å². The van der Waals surface area contributed by atoms with E-state index in [0.717, 1.165) is 30.7 Å². The van der Waals surface area contributed by atoms with E-state index in [2.05, 4.69) is 61.5 Å². The highest BCUT2D eigenvalue weighted by atomic mass is 79.9. The molecule has 28 heavy (non-hydrogen) atoms. The Morgan fingerprint density at radius 3 is 2.46 bits per heavy atom. The molecule has 0 atom stereocenters. The number of hydrogen-bond acceptors (Lipinski definition) is 4. The number of anilines is 2. The summed E-state index contributed by atoms with van der Waals surface area (Å²) in [5.41, 5.74) is 3.98. The SMILES string of the molecule is Cc1cc(Br)ccc1N1CCN(C(=S)Nc2ccc3c(c2)C(=O)NC3=O)CC1. The number of nitrogens with zero attached hydrogens (tertiary/aromatic N) is 2. The van der Waals surface area contributed by atoms with Crippen LogP contribution in [0.5, 0.6) is 0 Å². The highest BCUT2D eigenvalue weighted by Crippen LogP contribution is 2.25. The van der Waals surface area contributed by atoms with E-state index in [0.29, 0.717) is 21.9 Å². The Morgan fingerprint density at radius 1 is 1.04 bits per heavy atom. The molecule has 4 rings (SSSR count). The van der Waals surface area contributed by atoms with E-state index in [1.165, 1.54) is 11.3 Å². The molecule has 0 aromatic heterocycles. The number of halogens is 1. The highest BCUT2D eigenvalue weighted by Gasteiger charge is 2.27. The van der Waals surface area contributed by atoms with Crippen LogP contribution in [0.4, 0.5) is 11.4 Å². The minimum Gasteiger partial charge on any atom is -0.368 e. The van der Waals surface area contributed by atoms with E-state index < -0.39 is 0 Å². The molecule has 8 heteroatoms. The van der Waals surface area contributed by atoms with Gasteiger partial charge in [-0.1, -0.05) is 15.9 Å². The third-order valence-corrected chi connectivity index (χ3v) is 5.91. The summed E-state index contributed by atoms with van der Waals surface area (Å²) < 4.78 is 1.09. The van der Waals surface area contributed by atoms with Crippen LogP contribution in [0.1, 0.15) is 26.3 Å². The molecule has 6 nitrogen and oxygen atoms in total. The number of rotatable bonds is 2. The molecule has 144 valence electrons. The third-order valence-electron chi connectivity index (χ3n) is 5.05. The Hall–Kier alpha value is -2.45. The molecular weight excluding hydrogens is 440 g/mol. The maximum Gasteiger partial charge on any atom is 0.259 e. The van der Waals surface area contributed by atoms with Crippen LogP contribution in [0.25, 0.3) is 0 Å². The summed E-state index contributed by atoms with van der Waals surface area (Å²) in [6, 6.07) is 11.4. The zero-order valence-corrected chi connectivity index (χ0v) is 17.7. The van der Waals surface area contributed by atoms with Crippen molar-refractivity contribution in [2.24, 2.45) is 0 Å². The summed E-state index contributed by atoms with van der Waals surface area (Å²) in [4.78, 5) is 28.0. The van der Waals surface area contributed by atoms with Gasteiger partial charge in [0.2, 0.25) is 0 Å². The molecule has 0 radical (unpaired) electrons. The Kier molecular flexibility index (Phi) is 5.07. The van der Waals surface area contributed by atoms with Gasteiger partial charge in [0.15, 0.2) is 5.11 Å². The second-order valence-corrected chi connectivity index (χ2v) is 8.18. The summed E-state index contributed by atoms with van der Waals surface area (Å²) in [7, 11) is 0. The van der Waals surface area contributed by atoms with Crippen molar-refractivity contribution in [1.29, 1.82) is 0 Å². The number of carbonyl (C=O) groups is 2. The van der Waals surface area contributed by atoms with E-state index >= 15 is 0 Å². The number of thiocarbonyl (C=S) groups is 1. The zero-order valence-electron chi connectivity index (χ0n) is 15.3. The molecule has 2 heterocycles. The van der Waals surface area contributed by atoms with Crippen LogP contribution < -0.4 is 15.5 Å². The van der Waals surface area contributed by atoms with E-state index in [-0.39, 0.29) is 11.8 Å². The molecule has 0 bridgehead atoms. The minimum absolute atomic E-state index is 0.353. The Morgan fingerprint density at radius 2 is 1.75 bits per heavy atom. The molecule has 2 aliphatic rings. The number of aryl methyl sites for hydroxylation is 1. The first-order chi connectivity index (χ1) is 13.4. The number of carbonyl (C=O) groups excluding carboxylic acids is 2. The van der Waals surface area contributed by atoms with E-state index in [1.54, 1.807) is 18.2 Å². The predicted octanol–water partition coefficient (Wildman–Crippen LogP) is 3.16. The molecule has 2 aromatic carbocycles. The number of benzene rings is 2. The summed E-state index contributed by atoms with van der Waals surface area (Å²) >= 11 is 9.07. The van der Waals surface area contributed by atoms with Gasteiger partial charge < -0.3 is 15.1 Å². The predicted molar refractivity (Wildman–Crippen MR) is 117 cm³/mol. The second kappa shape index (κ2) is 7.52. The van der Waals surface area contributed by atoms with Crippen molar-refractivity contribution >= 4 is 56.4 Å². The normalized spacial score (nSPS) is 16.1. The van der Waals surface area contributed by atoms with Crippen molar-refractivity contribution in [2.75, 3.05) is 36.4 Å². The van der Waals surface area contributed by atoms with Crippen molar-refractivity contribution in [3.05, 3.63) is 57.6 Å². The van der Waals surface area contributed by atoms with Crippen LogP contribution >= 0.6 is 28.1 Å². The Bertz CT molecular complexity index is 986. The number of nitrogens with one attached hydrogen (secondary N) is 2. The Balaban J connectivity index is 1.39. The average Bonchev–Trinajstić information content (AvgIpc) is 2.95. The van der Waals surface area contributed by atoms with Gasteiger partial charge in [0.25, 0.3) is 11.8 Å². The summed E-state index contributed by atoms with van der Waals surface area (Å²) in [6.07, 6.45) is 0. The monoisotopic (exact) mass is 458 g/mol. The number of amides is 2. The summed E-state index contributed by atoms with van der Waals surface area (Å²) in [5.74, 6) is -0.721. The summed E-state index contributed by atoms with van der Waals surface area (Å²) in [5, 5.41) is 6.11. The van der Waals surface area contributed by atoms with Gasteiger partial charge in [0, 0.05) is 42.0 Å². The molecule has 2 amide bonds. The van der Waals surface area contributed by atoms with E-state index in [9.17, 15) is 9.59 Å². The van der Waals surface area contributed by atoms with Crippen LogP contribution in [0.3, 0.4) is 0 Å².